The molecule has 0 spiro atoms. The van der Waals surface area contributed by atoms with Crippen molar-refractivity contribution >= 4 is 5.95 Å². The van der Waals surface area contributed by atoms with E-state index >= 15 is 0 Å². The molecule has 0 saturated heterocycles. The van der Waals surface area contributed by atoms with Crippen LogP contribution in [0.1, 0.15) is 49.8 Å². The Bertz CT molecular complexity index is 805. The number of aromatic amines is 1. The lowest BCUT2D eigenvalue weighted by atomic mass is 10.1. The van der Waals surface area contributed by atoms with E-state index < -0.39 is 11.4 Å². The number of H-pyrrole nitrogens is 1. The van der Waals surface area contributed by atoms with E-state index in [2.05, 4.69) is 15.3 Å². The van der Waals surface area contributed by atoms with Crippen LogP contribution in [0.4, 0.5) is 10.3 Å². The predicted molar refractivity (Wildman–Crippen MR) is 85.2 cm³/mol. The van der Waals surface area contributed by atoms with Crippen molar-refractivity contribution in [3.05, 3.63) is 56.1 Å². The van der Waals surface area contributed by atoms with Gasteiger partial charge in [-0.25, -0.2) is 18.5 Å². The van der Waals surface area contributed by atoms with E-state index in [0.29, 0.717) is 11.5 Å². The smallest absolute Gasteiger partial charge is 0.351 e. The minimum Gasteiger partial charge on any atom is -0.351 e. The molecule has 1 aromatic carbocycles. The summed E-state index contributed by atoms with van der Waals surface area (Å²) in [6, 6.07) is 4.81. The van der Waals surface area contributed by atoms with Crippen LogP contribution in [0.25, 0.3) is 0 Å². The fraction of sp³-hybridized carbons (Fsp3) is 0.438. The first-order valence-corrected chi connectivity index (χ1v) is 7.70. The van der Waals surface area contributed by atoms with Gasteiger partial charge in [0.2, 0.25) is 5.95 Å². The van der Waals surface area contributed by atoms with Gasteiger partial charge in [0, 0.05) is 18.2 Å². The number of nitrogens with one attached hydrogen (secondary N) is 2. The number of benzene rings is 1. The van der Waals surface area contributed by atoms with Crippen molar-refractivity contribution in [3.8, 4) is 0 Å². The second kappa shape index (κ2) is 5.98. The van der Waals surface area contributed by atoms with E-state index in [1.165, 1.54) is 6.07 Å². The zero-order chi connectivity index (χ0) is 16.6. The number of hydrogen-bond donors (Lipinski definition) is 2. The monoisotopic (exact) mass is 318 g/mol. The van der Waals surface area contributed by atoms with Crippen LogP contribution in [0.15, 0.2) is 27.8 Å². The molecular weight excluding hydrogens is 299 g/mol. The molecule has 122 valence electrons. The Balaban J connectivity index is 1.80. The highest BCUT2D eigenvalue weighted by Gasteiger charge is 2.24. The van der Waals surface area contributed by atoms with Crippen LogP contribution in [0.2, 0.25) is 0 Å². The van der Waals surface area contributed by atoms with Gasteiger partial charge in [0.25, 0.3) is 0 Å². The third-order valence-electron chi connectivity index (χ3n) is 3.94. The van der Waals surface area contributed by atoms with E-state index in [-0.39, 0.29) is 24.4 Å². The number of rotatable bonds is 5. The van der Waals surface area contributed by atoms with Crippen LogP contribution in [0, 0.1) is 5.82 Å². The van der Waals surface area contributed by atoms with Gasteiger partial charge in [-0.05, 0) is 44.2 Å². The Morgan fingerprint density at radius 2 is 2.13 bits per heavy atom. The summed E-state index contributed by atoms with van der Waals surface area (Å²) in [6.45, 7) is 3.61. The molecule has 6 nitrogen and oxygen atoms in total. The lowest BCUT2D eigenvalue weighted by molar-refractivity contribution is 0.530. The highest BCUT2D eigenvalue weighted by atomic mass is 19.1. The average Bonchev–Trinajstić information content (AvgIpc) is 3.30. The molecule has 2 aromatic rings. The second-order valence-corrected chi connectivity index (χ2v) is 6.12. The second-order valence-electron chi connectivity index (χ2n) is 6.12. The third-order valence-corrected chi connectivity index (χ3v) is 3.94. The van der Waals surface area contributed by atoms with Crippen molar-refractivity contribution < 1.29 is 4.39 Å². The number of hydrogen-bond acceptors (Lipinski definition) is 4. The molecule has 0 unspecified atom stereocenters. The molecule has 2 N–H and O–H groups in total. The van der Waals surface area contributed by atoms with Gasteiger partial charge >= 0.3 is 11.4 Å². The highest BCUT2D eigenvalue weighted by molar-refractivity contribution is 5.33. The molecule has 0 atom stereocenters. The van der Waals surface area contributed by atoms with E-state index in [0.717, 1.165) is 23.0 Å². The molecule has 23 heavy (non-hydrogen) atoms. The molecule has 0 bridgehead atoms. The van der Waals surface area contributed by atoms with Crippen LogP contribution in [0.5, 0.6) is 0 Å². The van der Waals surface area contributed by atoms with E-state index in [1.807, 2.05) is 6.07 Å². The first kappa shape index (κ1) is 15.5. The molecule has 0 radical (unpaired) electrons. The van der Waals surface area contributed by atoms with Crippen molar-refractivity contribution in [1.82, 2.24) is 14.5 Å². The first-order valence-electron chi connectivity index (χ1n) is 7.70. The maximum atomic E-state index is 13.9. The van der Waals surface area contributed by atoms with Gasteiger partial charge in [-0.2, -0.15) is 4.98 Å². The number of halogens is 1. The van der Waals surface area contributed by atoms with Gasteiger partial charge in [0.05, 0.1) is 0 Å². The van der Waals surface area contributed by atoms with E-state index in [1.54, 1.807) is 19.9 Å². The fourth-order valence-electron chi connectivity index (χ4n) is 2.54. The Kier molecular flexibility index (Phi) is 4.02. The van der Waals surface area contributed by atoms with Gasteiger partial charge in [0.1, 0.15) is 5.82 Å². The summed E-state index contributed by atoms with van der Waals surface area (Å²) in [5.41, 5.74) is 0.457. The Morgan fingerprint density at radius 3 is 2.74 bits per heavy atom. The number of anilines is 1. The van der Waals surface area contributed by atoms with Gasteiger partial charge in [-0.15, -0.1) is 0 Å². The molecule has 1 saturated carbocycles. The largest absolute Gasteiger partial charge is 0.355 e. The lowest BCUT2D eigenvalue weighted by Crippen LogP contribution is -2.38. The summed E-state index contributed by atoms with van der Waals surface area (Å²) in [5.74, 6) is 0.259. The molecule has 0 amide bonds. The Labute approximate surface area is 132 Å². The minimum absolute atomic E-state index is 0.0492. The zero-order valence-corrected chi connectivity index (χ0v) is 13.1. The molecule has 1 fully saturated rings. The molecule has 0 aliphatic heterocycles. The summed E-state index contributed by atoms with van der Waals surface area (Å²) in [6.07, 6.45) is 2.28. The molecule has 1 aliphatic carbocycles. The van der Waals surface area contributed by atoms with Crippen molar-refractivity contribution in [1.29, 1.82) is 0 Å². The highest BCUT2D eigenvalue weighted by Crippen LogP contribution is 2.40. The molecule has 3 rings (SSSR count). The third kappa shape index (κ3) is 3.33. The summed E-state index contributed by atoms with van der Waals surface area (Å²) >= 11 is 0. The topological polar surface area (TPSA) is 79.8 Å². The molecule has 1 aliphatic rings. The zero-order valence-electron chi connectivity index (χ0n) is 13.1. The summed E-state index contributed by atoms with van der Waals surface area (Å²) in [4.78, 5) is 30.0. The molecule has 1 heterocycles. The maximum Gasteiger partial charge on any atom is 0.355 e. The lowest BCUT2D eigenvalue weighted by Gasteiger charge is -2.10. The van der Waals surface area contributed by atoms with Crippen LogP contribution in [-0.2, 0) is 6.54 Å². The summed E-state index contributed by atoms with van der Waals surface area (Å²) in [7, 11) is 0. The van der Waals surface area contributed by atoms with E-state index in [4.69, 9.17) is 0 Å². The normalized spacial score (nSPS) is 14.3. The van der Waals surface area contributed by atoms with Crippen LogP contribution >= 0.6 is 0 Å². The van der Waals surface area contributed by atoms with Gasteiger partial charge in [-0.1, -0.05) is 12.1 Å². The summed E-state index contributed by atoms with van der Waals surface area (Å²) < 4.78 is 14.9. The quantitative estimate of drug-likeness (QED) is 0.885. The van der Waals surface area contributed by atoms with Crippen molar-refractivity contribution in [3.63, 3.8) is 0 Å². The number of aromatic nitrogens is 3. The minimum atomic E-state index is -0.626. The van der Waals surface area contributed by atoms with Gasteiger partial charge in [-0.3, -0.25) is 4.98 Å². The maximum absolute atomic E-state index is 13.9. The van der Waals surface area contributed by atoms with Crippen molar-refractivity contribution in [2.75, 3.05) is 5.32 Å². The predicted octanol–water partition coefficient (Wildman–Crippen LogP) is 2.14. The van der Waals surface area contributed by atoms with Crippen LogP contribution in [0.3, 0.4) is 0 Å². The Morgan fingerprint density at radius 1 is 1.39 bits per heavy atom. The van der Waals surface area contributed by atoms with Crippen molar-refractivity contribution in [2.45, 2.75) is 45.2 Å². The van der Waals surface area contributed by atoms with Gasteiger partial charge < -0.3 is 5.32 Å². The van der Waals surface area contributed by atoms with Gasteiger partial charge in [0.15, 0.2) is 0 Å². The molecule has 1 aromatic heterocycles. The summed E-state index contributed by atoms with van der Waals surface area (Å²) in [5, 5.41) is 2.82. The molecular formula is C16H19FN4O2. The first-order chi connectivity index (χ1) is 11.0. The SMILES string of the molecule is CC(C)n1c(=O)nc(NCc2cc(C3CC3)ccc2F)[nH]c1=O. The standard InChI is InChI=1S/C16H19FN4O2/c1-9(2)21-15(22)19-14(20-16(21)23)18-8-12-7-11(10-3-4-10)5-6-13(12)17/h5-7,9-10H,3-4,8H2,1-2H3,(H2,18,19,20,22,23). The van der Waals surface area contributed by atoms with E-state index in [9.17, 15) is 14.0 Å². The van der Waals surface area contributed by atoms with Crippen molar-refractivity contribution in [2.24, 2.45) is 0 Å². The number of nitrogens with zero attached hydrogens (tertiary/aromatic N) is 2. The fourth-order valence-corrected chi connectivity index (χ4v) is 2.54. The average molecular weight is 318 g/mol. The van der Waals surface area contributed by atoms with Crippen LogP contribution < -0.4 is 16.7 Å². The van der Waals surface area contributed by atoms with Crippen LogP contribution in [-0.4, -0.2) is 14.5 Å². The molecule has 7 heteroatoms. The Hall–Kier alpha value is -2.44.